The normalized spacial score (nSPS) is 17.7. The second kappa shape index (κ2) is 26.9. The van der Waals surface area contributed by atoms with Gasteiger partial charge in [-0.1, -0.05) is 36.6 Å². The fourth-order valence-corrected chi connectivity index (χ4v) is 8.82. The molecule has 2 aliphatic carbocycles. The molecule has 19 nitrogen and oxygen atoms in total. The molecule has 7 N–H and O–H groups in total. The molecule has 2 aliphatic heterocycles. The second-order valence-electron chi connectivity index (χ2n) is 18.0. The number of piperazine rings is 1. The number of amides is 3. The number of fused-ring (bicyclic) bond motifs is 1. The third-order valence-electron chi connectivity index (χ3n) is 12.7. The molecule has 0 bridgehead atoms. The number of allylic oxidation sites excluding steroid dienone is 1. The first-order valence-electron chi connectivity index (χ1n) is 24.2. The topological polar surface area (TPSA) is 258 Å². The van der Waals surface area contributed by atoms with E-state index in [1.807, 2.05) is 13.8 Å². The van der Waals surface area contributed by atoms with Crippen LogP contribution in [-0.4, -0.2) is 116 Å². The Morgan fingerprint density at radius 1 is 0.958 bits per heavy atom. The Bertz CT molecular complexity index is 2580. The van der Waals surface area contributed by atoms with Gasteiger partial charge < -0.3 is 43.7 Å². The van der Waals surface area contributed by atoms with Crippen LogP contribution >= 0.6 is 0 Å². The standard InChI is InChI=1S/C25H27N9O2.C23H33FN4O3.CH5N.CH3.Cr/c1-13(2)34-24-19(23(26)27-12-28-24)20(32-34)21-18(22(36-33-21)14-8-9-14)16-10-11-17(31-30-16)25(35)29-15-6-4-3-5-7-15;24-19-17-18(25-20-8-10-22(30)26-23(20)31)7-9-21(19)28-14-12-27(13-15-28)11-5-3-1-2-4-6-16-29;1-2;;/h3-4,10-15H,5-9H2,1-2H3,(H,29,35)(H2,26,27,28);7,9,16-17,20,25H,1-6,8,10-15H2,(H,26,30,31);2H2,1H3;1H3;/q;;;-1;. The average molecular weight is 1020 g/mol. The summed E-state index contributed by atoms with van der Waals surface area (Å²) in [7, 11) is 1.50. The summed E-state index contributed by atoms with van der Waals surface area (Å²) in [5.74, 6) is 0.163. The van der Waals surface area contributed by atoms with Crippen LogP contribution < -0.4 is 32.3 Å². The molecule has 4 aliphatic rings. The molecule has 2 saturated heterocycles. The Morgan fingerprint density at radius 3 is 2.38 bits per heavy atom. The number of nitrogen functional groups attached to an aromatic ring is 1. The number of aldehydes is 1. The zero-order valence-corrected chi connectivity index (χ0v) is 42.5. The summed E-state index contributed by atoms with van der Waals surface area (Å²) in [6, 6.07) is 8.10. The Kier molecular flexibility index (Phi) is 21.1. The largest absolute Gasteiger partial charge is 0.383 e. The molecule has 9 rings (SSSR count). The van der Waals surface area contributed by atoms with Crippen molar-refractivity contribution in [3.8, 4) is 22.6 Å². The molecular weight excluding hydrogens is 948 g/mol. The number of hydrogen-bond acceptors (Lipinski definition) is 16. The number of carbonyl (C=O) groups is 4. The molecule has 0 spiro atoms. The number of nitrogens with one attached hydrogen (secondary N) is 3. The maximum absolute atomic E-state index is 14.7. The fourth-order valence-electron chi connectivity index (χ4n) is 8.82. The average Bonchev–Trinajstić information content (AvgIpc) is 3.98. The molecule has 5 aromatic rings. The van der Waals surface area contributed by atoms with Crippen molar-refractivity contribution in [3.05, 3.63) is 73.5 Å². The van der Waals surface area contributed by atoms with Gasteiger partial charge in [0.25, 0.3) is 5.91 Å². The minimum Gasteiger partial charge on any atom is -0.383 e. The van der Waals surface area contributed by atoms with Gasteiger partial charge in [0.15, 0.2) is 11.3 Å². The van der Waals surface area contributed by atoms with Crippen LogP contribution in [0.25, 0.3) is 33.7 Å². The fraction of sp³-hybridized carbons (Fsp3) is 0.500. The summed E-state index contributed by atoms with van der Waals surface area (Å²) in [4.78, 5) is 59.3. The summed E-state index contributed by atoms with van der Waals surface area (Å²) in [6.45, 7) is 8.52. The van der Waals surface area contributed by atoms with Gasteiger partial charge in [0.05, 0.1) is 22.3 Å². The third kappa shape index (κ3) is 14.3. The summed E-state index contributed by atoms with van der Waals surface area (Å²) >= 11 is 0. The molecule has 21 heteroatoms. The van der Waals surface area contributed by atoms with Crippen LogP contribution in [0.1, 0.15) is 126 Å². The van der Waals surface area contributed by atoms with Gasteiger partial charge in [-0.15, -0.1) is 10.2 Å². The van der Waals surface area contributed by atoms with Crippen molar-refractivity contribution in [2.45, 2.75) is 121 Å². The monoisotopic (exact) mass is 1020 g/mol. The Morgan fingerprint density at radius 2 is 1.72 bits per heavy atom. The molecule has 6 heterocycles. The van der Waals surface area contributed by atoms with Crippen LogP contribution in [0.15, 0.2) is 53.3 Å². The smallest absolute Gasteiger partial charge is 0.272 e. The van der Waals surface area contributed by atoms with Crippen LogP contribution in [0, 0.1) is 13.2 Å². The van der Waals surface area contributed by atoms with E-state index in [4.69, 9.17) is 15.4 Å². The Balaban J connectivity index is 0.000000251. The zero-order valence-electron chi connectivity index (χ0n) is 41.2. The van der Waals surface area contributed by atoms with Gasteiger partial charge in [0.1, 0.15) is 47.4 Å². The second-order valence-corrected chi connectivity index (χ2v) is 18.0. The van der Waals surface area contributed by atoms with Gasteiger partial charge in [-0.25, -0.2) is 19.0 Å². The van der Waals surface area contributed by atoms with Crippen molar-refractivity contribution < 1.29 is 45.5 Å². The number of hydrogen-bond donors (Lipinski definition) is 5. The van der Waals surface area contributed by atoms with E-state index in [1.165, 1.54) is 32.3 Å². The van der Waals surface area contributed by atoms with Crippen LogP contribution in [0.5, 0.6) is 0 Å². The summed E-state index contributed by atoms with van der Waals surface area (Å²) in [5, 5.41) is 26.9. The van der Waals surface area contributed by atoms with Gasteiger partial charge in [-0.3, -0.25) is 24.6 Å². The number of unbranched alkanes of at least 4 members (excludes halogenated alkanes) is 5. The molecule has 382 valence electrons. The first-order valence-corrected chi connectivity index (χ1v) is 24.2. The quantitative estimate of drug-likeness (QED) is 0.0218. The number of rotatable bonds is 17. The van der Waals surface area contributed by atoms with Crippen molar-refractivity contribution in [2.24, 2.45) is 5.73 Å². The molecule has 2 unspecified atom stereocenters. The van der Waals surface area contributed by atoms with Crippen molar-refractivity contribution in [1.29, 1.82) is 0 Å². The van der Waals surface area contributed by atoms with E-state index < -0.39 is 6.04 Å². The molecule has 1 saturated carbocycles. The number of anilines is 3. The van der Waals surface area contributed by atoms with Crippen LogP contribution in [0.4, 0.5) is 21.6 Å². The van der Waals surface area contributed by atoms with Crippen LogP contribution in [-0.2, 0) is 31.7 Å². The number of nitrogens with two attached hydrogens (primary N) is 2. The van der Waals surface area contributed by atoms with Gasteiger partial charge in [0.2, 0.25) is 11.8 Å². The molecular formula is C50H68CrFN14O5-. The van der Waals surface area contributed by atoms with Gasteiger partial charge in [0, 0.05) is 80.1 Å². The van der Waals surface area contributed by atoms with Crippen LogP contribution in [0.2, 0.25) is 0 Å². The van der Waals surface area contributed by atoms with Crippen molar-refractivity contribution in [2.75, 3.05) is 55.7 Å². The summed E-state index contributed by atoms with van der Waals surface area (Å²) < 4.78 is 22.4. The minimum atomic E-state index is -0.517. The first kappa shape index (κ1) is 55.8. The molecule has 1 aromatic carbocycles. The maximum atomic E-state index is 14.7. The van der Waals surface area contributed by atoms with Crippen molar-refractivity contribution in [1.82, 2.24) is 50.6 Å². The number of benzene rings is 1. The van der Waals surface area contributed by atoms with E-state index in [2.05, 4.69) is 69.0 Å². The van der Waals surface area contributed by atoms with E-state index in [-0.39, 0.29) is 78.4 Å². The zero-order chi connectivity index (χ0) is 48.9. The van der Waals surface area contributed by atoms with E-state index in [9.17, 15) is 23.6 Å². The van der Waals surface area contributed by atoms with E-state index >= 15 is 0 Å². The molecule has 3 amide bonds. The van der Waals surface area contributed by atoms with Gasteiger partial charge in [-0.2, -0.15) is 5.10 Å². The number of imide groups is 1. The predicted molar refractivity (Wildman–Crippen MR) is 268 cm³/mol. The van der Waals surface area contributed by atoms with E-state index in [1.54, 1.807) is 28.9 Å². The number of aromatic nitrogens is 7. The Hall–Kier alpha value is -6.14. The van der Waals surface area contributed by atoms with E-state index in [0.717, 1.165) is 96.1 Å². The van der Waals surface area contributed by atoms with Gasteiger partial charge >= 0.3 is 0 Å². The first-order chi connectivity index (χ1) is 33.6. The van der Waals surface area contributed by atoms with Crippen molar-refractivity contribution in [3.63, 3.8) is 0 Å². The van der Waals surface area contributed by atoms with Crippen LogP contribution in [0.3, 0.4) is 0 Å². The predicted octanol–water partition coefficient (Wildman–Crippen LogP) is 6.54. The summed E-state index contributed by atoms with van der Waals surface area (Å²) in [5.41, 5.74) is 15.1. The Labute approximate surface area is 425 Å². The number of nitrogens with zero attached hydrogens (tertiary/aromatic N) is 9. The maximum Gasteiger partial charge on any atom is 0.272 e. The molecule has 4 aromatic heterocycles. The molecule has 2 atom stereocenters. The number of carbonyl (C=O) groups excluding carboxylic acids is 4. The SMILES string of the molecule is CC(C)n1nc(-c2noc(C3CC3)c2-c2ccc(C(=O)NC3CC=CCC3)nn2)c2c(N)ncnc21.CN.O=CCCCCCCCN1CCN(c2ccc(NC3CCC(=O)NC3=O)cc2F)CC1.[CH3-].[Cr]. The summed E-state index contributed by atoms with van der Waals surface area (Å²) in [6.07, 6.45) is 18.4. The minimum absolute atomic E-state index is 0. The molecule has 71 heavy (non-hydrogen) atoms. The van der Waals surface area contributed by atoms with Gasteiger partial charge in [-0.05, 0) is 109 Å². The number of piperidine rings is 1. The van der Waals surface area contributed by atoms with Crippen molar-refractivity contribution >= 4 is 52.2 Å². The van der Waals surface area contributed by atoms with E-state index in [0.29, 0.717) is 63.7 Å². The molecule has 0 radical (unpaired) electrons. The third-order valence-corrected chi connectivity index (χ3v) is 12.7. The number of halogens is 1. The molecule has 3 fully saturated rings.